The number of nitrogens with one attached hydrogen (secondary N) is 1. The van der Waals surface area contributed by atoms with Crippen molar-refractivity contribution in [2.75, 3.05) is 6.54 Å². The fourth-order valence-electron chi connectivity index (χ4n) is 2.88. The monoisotopic (exact) mass is 333 g/mol. The fraction of sp³-hybridized carbons (Fsp3) is 0.227. The first kappa shape index (κ1) is 17.2. The Morgan fingerprint density at radius 3 is 2.28 bits per heavy atom. The second-order valence-corrected chi connectivity index (χ2v) is 6.23. The molecule has 128 valence electrons. The average molecular weight is 333 g/mol. The zero-order valence-corrected chi connectivity index (χ0v) is 14.7. The predicted octanol–water partition coefficient (Wildman–Crippen LogP) is 3.27. The fourth-order valence-corrected chi connectivity index (χ4v) is 2.88. The molecule has 1 atom stereocenters. The second kappa shape index (κ2) is 9.00. The van der Waals surface area contributed by atoms with E-state index in [1.165, 1.54) is 21.6 Å². The molecule has 0 radical (unpaired) electrons. The van der Waals surface area contributed by atoms with Crippen LogP contribution in [0, 0.1) is 0 Å². The van der Waals surface area contributed by atoms with Crippen LogP contribution in [0.15, 0.2) is 79.1 Å². The first-order valence-electron chi connectivity index (χ1n) is 8.81. The van der Waals surface area contributed by atoms with E-state index < -0.39 is 0 Å². The molecule has 0 fully saturated rings. The van der Waals surface area contributed by atoms with Crippen LogP contribution in [-0.2, 0) is 19.7 Å². The summed E-state index contributed by atoms with van der Waals surface area (Å²) in [4.78, 5) is 5.61. The van der Waals surface area contributed by atoms with Gasteiger partial charge in [0.25, 0.3) is 0 Å². The lowest BCUT2D eigenvalue weighted by atomic mass is 10.1. The molecule has 1 aromatic heterocycles. The lowest BCUT2D eigenvalue weighted by molar-refractivity contribution is -0.925. The number of pyridine rings is 1. The van der Waals surface area contributed by atoms with Crippen molar-refractivity contribution in [3.05, 3.63) is 95.8 Å². The van der Waals surface area contributed by atoms with Gasteiger partial charge in [-0.3, -0.25) is 4.98 Å². The van der Waals surface area contributed by atoms with E-state index in [0.29, 0.717) is 6.61 Å². The van der Waals surface area contributed by atoms with Crippen LogP contribution in [0.1, 0.15) is 23.6 Å². The number of hydrogen-bond acceptors (Lipinski definition) is 2. The minimum absolute atomic E-state index is 0.603. The van der Waals surface area contributed by atoms with Gasteiger partial charge in [0.2, 0.25) is 0 Å². The summed E-state index contributed by atoms with van der Waals surface area (Å²) in [6.45, 7) is 5.91. The van der Waals surface area contributed by atoms with Gasteiger partial charge in [-0.05, 0) is 36.8 Å². The van der Waals surface area contributed by atoms with E-state index in [9.17, 15) is 0 Å². The number of quaternary nitrogens is 1. The normalized spacial score (nSPS) is 11.9. The van der Waals surface area contributed by atoms with Crippen LogP contribution in [0.4, 0.5) is 0 Å². The summed E-state index contributed by atoms with van der Waals surface area (Å²) in [7, 11) is 0. The number of rotatable bonds is 8. The molecule has 1 heterocycles. The van der Waals surface area contributed by atoms with Crippen molar-refractivity contribution in [2.45, 2.75) is 26.6 Å². The van der Waals surface area contributed by atoms with Crippen molar-refractivity contribution < 1.29 is 9.64 Å². The molecule has 1 N–H and O–H groups in total. The highest BCUT2D eigenvalue weighted by Gasteiger charge is 2.09. The Morgan fingerprint density at radius 2 is 1.52 bits per heavy atom. The zero-order chi connectivity index (χ0) is 17.3. The number of ether oxygens (including phenoxy) is 1. The van der Waals surface area contributed by atoms with E-state index in [1.54, 1.807) is 0 Å². The Hall–Kier alpha value is -2.65. The van der Waals surface area contributed by atoms with Gasteiger partial charge in [-0.2, -0.15) is 0 Å². The lowest BCUT2D eigenvalue weighted by Gasteiger charge is -2.18. The van der Waals surface area contributed by atoms with E-state index in [1.807, 2.05) is 36.7 Å². The molecule has 25 heavy (non-hydrogen) atoms. The van der Waals surface area contributed by atoms with Gasteiger partial charge in [0.05, 0.1) is 6.54 Å². The van der Waals surface area contributed by atoms with Gasteiger partial charge in [0.1, 0.15) is 25.4 Å². The van der Waals surface area contributed by atoms with Crippen molar-refractivity contribution in [2.24, 2.45) is 0 Å². The average Bonchev–Trinajstić information content (AvgIpc) is 2.68. The molecule has 0 amide bonds. The first-order valence-corrected chi connectivity index (χ1v) is 8.81. The Kier molecular flexibility index (Phi) is 6.18. The van der Waals surface area contributed by atoms with Crippen molar-refractivity contribution in [1.82, 2.24) is 4.98 Å². The summed E-state index contributed by atoms with van der Waals surface area (Å²) in [5.74, 6) is 0.931. The van der Waals surface area contributed by atoms with Crippen molar-refractivity contribution in [3.63, 3.8) is 0 Å². The minimum atomic E-state index is 0.603. The third-order valence-electron chi connectivity index (χ3n) is 4.30. The summed E-state index contributed by atoms with van der Waals surface area (Å²) in [5.41, 5.74) is 3.81. The Balaban J connectivity index is 1.60. The van der Waals surface area contributed by atoms with E-state index >= 15 is 0 Å². The zero-order valence-electron chi connectivity index (χ0n) is 14.7. The molecule has 1 unspecified atom stereocenters. The van der Waals surface area contributed by atoms with Crippen molar-refractivity contribution >= 4 is 0 Å². The van der Waals surface area contributed by atoms with E-state index in [2.05, 4.69) is 54.4 Å². The highest BCUT2D eigenvalue weighted by Crippen LogP contribution is 2.15. The summed E-state index contributed by atoms with van der Waals surface area (Å²) in [6, 6.07) is 22.9. The first-order chi connectivity index (χ1) is 12.3. The van der Waals surface area contributed by atoms with Crippen LogP contribution in [0.5, 0.6) is 5.75 Å². The summed E-state index contributed by atoms with van der Waals surface area (Å²) in [5, 5.41) is 0. The predicted molar refractivity (Wildman–Crippen MR) is 100 cm³/mol. The lowest BCUT2D eigenvalue weighted by Crippen LogP contribution is -3.09. The quantitative estimate of drug-likeness (QED) is 0.685. The van der Waals surface area contributed by atoms with E-state index in [4.69, 9.17) is 4.74 Å². The molecule has 3 aromatic rings. The van der Waals surface area contributed by atoms with Crippen molar-refractivity contribution in [3.8, 4) is 5.75 Å². The molecule has 3 rings (SSSR count). The maximum absolute atomic E-state index is 5.95. The summed E-state index contributed by atoms with van der Waals surface area (Å²) >= 11 is 0. The van der Waals surface area contributed by atoms with E-state index in [0.717, 1.165) is 25.4 Å². The largest absolute Gasteiger partial charge is 0.489 e. The number of nitrogens with zero attached hydrogens (tertiary/aromatic N) is 1. The molecule has 3 heteroatoms. The molecule has 2 aromatic carbocycles. The van der Waals surface area contributed by atoms with Gasteiger partial charge in [0.15, 0.2) is 0 Å². The summed E-state index contributed by atoms with van der Waals surface area (Å²) in [6.07, 6.45) is 3.72. The maximum atomic E-state index is 5.95. The molecular weight excluding hydrogens is 308 g/mol. The Bertz CT molecular complexity index is 759. The van der Waals surface area contributed by atoms with Gasteiger partial charge in [-0.1, -0.05) is 42.5 Å². The van der Waals surface area contributed by atoms with Crippen molar-refractivity contribution in [1.29, 1.82) is 0 Å². The molecule has 0 spiro atoms. The Morgan fingerprint density at radius 1 is 0.800 bits per heavy atom. The highest BCUT2D eigenvalue weighted by molar-refractivity contribution is 5.28. The van der Waals surface area contributed by atoms with Crippen LogP contribution in [0.25, 0.3) is 0 Å². The van der Waals surface area contributed by atoms with Crippen LogP contribution in [-0.4, -0.2) is 11.5 Å². The molecule has 0 saturated carbocycles. The Labute approximate surface area is 149 Å². The molecule has 0 aliphatic rings. The van der Waals surface area contributed by atoms with E-state index in [-0.39, 0.29) is 0 Å². The molecule has 0 saturated heterocycles. The number of aromatic nitrogens is 1. The number of benzene rings is 2. The van der Waals surface area contributed by atoms with Gasteiger partial charge in [0, 0.05) is 23.5 Å². The van der Waals surface area contributed by atoms with Crippen LogP contribution in [0.3, 0.4) is 0 Å². The molecule has 3 nitrogen and oxygen atoms in total. The SMILES string of the molecule is CC[NH+](Cc1ccncc1)Cc1cccc(OCc2ccccc2)c1. The smallest absolute Gasteiger partial charge is 0.120 e. The third-order valence-corrected chi connectivity index (χ3v) is 4.30. The molecule has 0 bridgehead atoms. The molecule has 0 aliphatic carbocycles. The van der Waals surface area contributed by atoms with Gasteiger partial charge < -0.3 is 9.64 Å². The van der Waals surface area contributed by atoms with Gasteiger partial charge in [-0.15, -0.1) is 0 Å². The van der Waals surface area contributed by atoms with Gasteiger partial charge in [-0.25, -0.2) is 0 Å². The standard InChI is InChI=1S/C22H24N2O/c1-2-24(16-19-11-13-23-14-12-19)17-21-9-6-10-22(15-21)25-18-20-7-4-3-5-8-20/h3-15H,2,16-18H2,1H3/p+1. The van der Waals surface area contributed by atoms with Crippen LogP contribution in [0.2, 0.25) is 0 Å². The summed E-state index contributed by atoms with van der Waals surface area (Å²) < 4.78 is 5.95. The topological polar surface area (TPSA) is 26.6 Å². The maximum Gasteiger partial charge on any atom is 0.120 e. The second-order valence-electron chi connectivity index (χ2n) is 6.23. The number of hydrogen-bond donors (Lipinski definition) is 1. The molecular formula is C22H25N2O+. The highest BCUT2D eigenvalue weighted by atomic mass is 16.5. The minimum Gasteiger partial charge on any atom is -0.489 e. The molecule has 0 aliphatic heterocycles. The van der Waals surface area contributed by atoms with Crippen LogP contribution < -0.4 is 9.64 Å². The third kappa shape index (κ3) is 5.44. The van der Waals surface area contributed by atoms with Gasteiger partial charge >= 0.3 is 0 Å². The van der Waals surface area contributed by atoms with Crippen LogP contribution >= 0.6 is 0 Å².